The minimum Gasteiger partial charge on any atom is -0.461 e. The summed E-state index contributed by atoms with van der Waals surface area (Å²) < 4.78 is 5.61. The van der Waals surface area contributed by atoms with Gasteiger partial charge >= 0.3 is 5.97 Å². The van der Waals surface area contributed by atoms with Gasteiger partial charge in [-0.05, 0) is 42.2 Å². The summed E-state index contributed by atoms with van der Waals surface area (Å²) in [7, 11) is 0. The summed E-state index contributed by atoms with van der Waals surface area (Å²) in [5.41, 5.74) is 2.02. The number of amides is 1. The fourth-order valence-corrected chi connectivity index (χ4v) is 4.93. The van der Waals surface area contributed by atoms with Crippen LogP contribution in [-0.4, -0.2) is 29.9 Å². The predicted octanol–water partition coefficient (Wildman–Crippen LogP) is 4.63. The van der Waals surface area contributed by atoms with Crippen molar-refractivity contribution in [3.63, 3.8) is 0 Å². The lowest BCUT2D eigenvalue weighted by molar-refractivity contribution is -0.152. The fourth-order valence-electron chi connectivity index (χ4n) is 4.93. The Hall–Kier alpha value is -2.62. The minimum atomic E-state index is -0.453. The van der Waals surface area contributed by atoms with Crippen LogP contribution in [-0.2, 0) is 27.4 Å². The number of nitrogens with zero attached hydrogens (tertiary/aromatic N) is 1. The van der Waals surface area contributed by atoms with Crippen molar-refractivity contribution in [1.82, 2.24) is 4.90 Å². The van der Waals surface area contributed by atoms with Crippen LogP contribution < -0.4 is 0 Å². The molecule has 4 nitrogen and oxygen atoms in total. The number of esters is 1. The lowest BCUT2D eigenvalue weighted by atomic mass is 9.82. The molecule has 1 saturated carbocycles. The third-order valence-electron chi connectivity index (χ3n) is 6.63. The second kappa shape index (κ2) is 9.92. The Kier molecular flexibility index (Phi) is 6.83. The zero-order chi connectivity index (χ0) is 20.8. The van der Waals surface area contributed by atoms with Gasteiger partial charge in [0.05, 0.1) is 5.92 Å². The number of hydrogen-bond donors (Lipinski definition) is 0. The maximum atomic E-state index is 13.1. The van der Waals surface area contributed by atoms with E-state index in [0.29, 0.717) is 18.3 Å². The van der Waals surface area contributed by atoms with Crippen molar-refractivity contribution in [1.29, 1.82) is 0 Å². The van der Waals surface area contributed by atoms with Crippen LogP contribution >= 0.6 is 0 Å². The highest BCUT2D eigenvalue weighted by atomic mass is 16.5. The molecule has 2 aromatic carbocycles. The summed E-state index contributed by atoms with van der Waals surface area (Å²) in [6.45, 7) is 1.97. The standard InChI is InChI=1S/C26H31NO3/c28-25(27-17-22-13-7-8-14-23(22)18-27)16-24(15-20-9-3-1-4-10-20)26(29)30-19-21-11-5-2-6-12-21/h1-6,9-12,22-24H,7-8,13-19H2/t22-,23+,24?. The van der Waals surface area contributed by atoms with Crippen LogP contribution in [0.25, 0.3) is 0 Å². The third kappa shape index (κ3) is 5.29. The largest absolute Gasteiger partial charge is 0.461 e. The average molecular weight is 406 g/mol. The van der Waals surface area contributed by atoms with Crippen LogP contribution in [0, 0.1) is 17.8 Å². The lowest BCUT2D eigenvalue weighted by Gasteiger charge is -2.22. The van der Waals surface area contributed by atoms with E-state index in [-0.39, 0.29) is 24.9 Å². The van der Waals surface area contributed by atoms with Crippen molar-refractivity contribution in [2.45, 2.75) is 45.1 Å². The molecule has 1 amide bonds. The zero-order valence-electron chi connectivity index (χ0n) is 17.5. The van der Waals surface area contributed by atoms with E-state index < -0.39 is 5.92 Å². The molecule has 4 heteroatoms. The summed E-state index contributed by atoms with van der Waals surface area (Å²) in [6, 6.07) is 19.6. The number of carbonyl (C=O) groups is 2. The molecule has 1 unspecified atom stereocenters. The Morgan fingerprint density at radius 3 is 2.03 bits per heavy atom. The first-order chi connectivity index (χ1) is 14.7. The molecule has 1 heterocycles. The number of fused-ring (bicyclic) bond motifs is 1. The van der Waals surface area contributed by atoms with E-state index in [1.54, 1.807) is 0 Å². The van der Waals surface area contributed by atoms with Gasteiger partial charge in [-0.3, -0.25) is 9.59 Å². The van der Waals surface area contributed by atoms with Crippen molar-refractivity contribution in [3.05, 3.63) is 71.8 Å². The molecule has 0 radical (unpaired) electrons. The van der Waals surface area contributed by atoms with Crippen LogP contribution in [0.15, 0.2) is 60.7 Å². The van der Waals surface area contributed by atoms with Crippen LogP contribution in [0.3, 0.4) is 0 Å². The van der Waals surface area contributed by atoms with Gasteiger partial charge in [0, 0.05) is 19.5 Å². The highest BCUT2D eigenvalue weighted by Crippen LogP contribution is 2.36. The van der Waals surface area contributed by atoms with Gasteiger partial charge in [0.2, 0.25) is 5.91 Å². The molecule has 1 saturated heterocycles. The van der Waals surface area contributed by atoms with Crippen LogP contribution in [0.1, 0.15) is 43.2 Å². The van der Waals surface area contributed by atoms with E-state index in [2.05, 4.69) is 0 Å². The second-order valence-electron chi connectivity index (χ2n) is 8.79. The summed E-state index contributed by atoms with van der Waals surface area (Å²) in [4.78, 5) is 28.0. The van der Waals surface area contributed by atoms with Crippen LogP contribution in [0.5, 0.6) is 0 Å². The first kappa shape index (κ1) is 20.6. The Labute approximate surface area is 179 Å². The molecule has 0 bridgehead atoms. The Morgan fingerprint density at radius 2 is 1.43 bits per heavy atom. The first-order valence-electron chi connectivity index (χ1n) is 11.2. The van der Waals surface area contributed by atoms with E-state index in [4.69, 9.17) is 4.74 Å². The molecule has 3 atom stereocenters. The number of likely N-dealkylation sites (tertiary alicyclic amines) is 1. The Balaban J connectivity index is 1.40. The minimum absolute atomic E-state index is 0.0991. The molecule has 0 spiro atoms. The SMILES string of the molecule is O=C(OCc1ccccc1)C(CC(=O)N1C[C@H]2CCCC[C@H]2C1)Cc1ccccc1. The van der Waals surface area contributed by atoms with E-state index in [1.807, 2.05) is 65.6 Å². The van der Waals surface area contributed by atoms with E-state index in [9.17, 15) is 9.59 Å². The molecular weight excluding hydrogens is 374 g/mol. The van der Waals surface area contributed by atoms with Gasteiger partial charge < -0.3 is 9.64 Å². The highest BCUT2D eigenvalue weighted by Gasteiger charge is 2.37. The molecule has 2 fully saturated rings. The van der Waals surface area contributed by atoms with Crippen molar-refractivity contribution >= 4 is 11.9 Å². The second-order valence-corrected chi connectivity index (χ2v) is 8.79. The smallest absolute Gasteiger partial charge is 0.310 e. The molecule has 30 heavy (non-hydrogen) atoms. The molecule has 0 aromatic heterocycles. The fraction of sp³-hybridized carbons (Fsp3) is 0.462. The van der Waals surface area contributed by atoms with Crippen molar-refractivity contribution < 1.29 is 14.3 Å². The van der Waals surface area contributed by atoms with Crippen LogP contribution in [0.2, 0.25) is 0 Å². The maximum Gasteiger partial charge on any atom is 0.310 e. The van der Waals surface area contributed by atoms with Gasteiger partial charge in [0.15, 0.2) is 0 Å². The molecule has 158 valence electrons. The zero-order valence-corrected chi connectivity index (χ0v) is 17.5. The molecule has 1 aliphatic carbocycles. The van der Waals surface area contributed by atoms with Gasteiger partial charge in [-0.1, -0.05) is 73.5 Å². The van der Waals surface area contributed by atoms with E-state index >= 15 is 0 Å². The average Bonchev–Trinajstić information content (AvgIpc) is 3.23. The third-order valence-corrected chi connectivity index (χ3v) is 6.63. The van der Waals surface area contributed by atoms with Crippen molar-refractivity contribution in [3.8, 4) is 0 Å². The van der Waals surface area contributed by atoms with Gasteiger partial charge in [0.1, 0.15) is 6.61 Å². The van der Waals surface area contributed by atoms with Crippen molar-refractivity contribution in [2.75, 3.05) is 13.1 Å². The number of hydrogen-bond acceptors (Lipinski definition) is 3. The van der Waals surface area contributed by atoms with Crippen LogP contribution in [0.4, 0.5) is 0 Å². The molecule has 1 aliphatic heterocycles. The molecule has 2 aromatic rings. The van der Waals surface area contributed by atoms with E-state index in [1.165, 1.54) is 25.7 Å². The Morgan fingerprint density at radius 1 is 0.867 bits per heavy atom. The number of ether oxygens (including phenoxy) is 1. The highest BCUT2D eigenvalue weighted by molar-refractivity contribution is 5.83. The quantitative estimate of drug-likeness (QED) is 0.631. The summed E-state index contributed by atoms with van der Waals surface area (Å²) >= 11 is 0. The summed E-state index contributed by atoms with van der Waals surface area (Å²) in [6.07, 6.45) is 5.79. The van der Waals surface area contributed by atoms with Crippen molar-refractivity contribution in [2.24, 2.45) is 17.8 Å². The summed E-state index contributed by atoms with van der Waals surface area (Å²) in [5, 5.41) is 0. The van der Waals surface area contributed by atoms with Gasteiger partial charge in [-0.2, -0.15) is 0 Å². The Bertz CT molecular complexity index is 822. The topological polar surface area (TPSA) is 46.6 Å². The molecule has 2 aliphatic rings. The molecule has 4 rings (SSSR count). The number of carbonyl (C=O) groups excluding carboxylic acids is 2. The van der Waals surface area contributed by atoms with Gasteiger partial charge in [-0.25, -0.2) is 0 Å². The van der Waals surface area contributed by atoms with Gasteiger partial charge in [-0.15, -0.1) is 0 Å². The summed E-state index contributed by atoms with van der Waals surface area (Å²) in [5.74, 6) is 0.668. The first-order valence-corrected chi connectivity index (χ1v) is 11.2. The monoisotopic (exact) mass is 405 g/mol. The number of rotatable bonds is 7. The van der Waals surface area contributed by atoms with Gasteiger partial charge in [0.25, 0.3) is 0 Å². The molecular formula is C26H31NO3. The lowest BCUT2D eigenvalue weighted by Crippen LogP contribution is -2.33. The number of benzene rings is 2. The van der Waals surface area contributed by atoms with E-state index in [0.717, 1.165) is 24.2 Å². The maximum absolute atomic E-state index is 13.1. The normalized spacial score (nSPS) is 21.7. The molecule has 0 N–H and O–H groups in total. The predicted molar refractivity (Wildman–Crippen MR) is 117 cm³/mol.